The van der Waals surface area contributed by atoms with Gasteiger partial charge in [0.2, 0.25) is 15.9 Å². The van der Waals surface area contributed by atoms with Crippen LogP contribution in [0.2, 0.25) is 0 Å². The van der Waals surface area contributed by atoms with Crippen LogP contribution < -0.4 is 0 Å². The molecule has 0 N–H and O–H groups in total. The lowest BCUT2D eigenvalue weighted by Crippen LogP contribution is -2.50. The van der Waals surface area contributed by atoms with E-state index in [-0.39, 0.29) is 5.91 Å². The van der Waals surface area contributed by atoms with Crippen molar-refractivity contribution in [2.75, 3.05) is 32.1 Å². The molecule has 0 saturated carbocycles. The highest BCUT2D eigenvalue weighted by Crippen LogP contribution is 2.19. The first kappa shape index (κ1) is 21.2. The van der Waals surface area contributed by atoms with Gasteiger partial charge >= 0.3 is 0 Å². The van der Waals surface area contributed by atoms with Crippen molar-refractivity contribution in [3.8, 4) is 0 Å². The second-order valence-electron chi connectivity index (χ2n) is 7.15. The molecule has 1 heterocycles. The largest absolute Gasteiger partial charge is 0.340 e. The maximum Gasteiger partial charge on any atom is 0.243 e. The third kappa shape index (κ3) is 5.69. The number of aryl methyl sites for hydroxylation is 1. The Morgan fingerprint density at radius 1 is 1.12 bits per heavy atom. The molecule has 1 amide bonds. The molecule has 1 aliphatic heterocycles. The maximum absolute atomic E-state index is 12.8. The highest BCUT2D eigenvalue weighted by molar-refractivity contribution is 7.89. The van der Waals surface area contributed by atoms with Crippen LogP contribution in [0.25, 0.3) is 0 Å². The molecule has 0 bridgehead atoms. The quantitative estimate of drug-likeness (QED) is 0.630. The van der Waals surface area contributed by atoms with Crippen molar-refractivity contribution in [2.45, 2.75) is 44.4 Å². The molecule has 0 atom stereocenters. The zero-order chi connectivity index (χ0) is 19.2. The molecule has 1 saturated heterocycles. The summed E-state index contributed by atoms with van der Waals surface area (Å²) in [6.45, 7) is 5.82. The van der Waals surface area contributed by atoms with Gasteiger partial charge < -0.3 is 4.90 Å². The Hall–Kier alpha value is -1.11. The molecule has 1 aromatic carbocycles. The highest BCUT2D eigenvalue weighted by atomic mass is 35.5. The van der Waals surface area contributed by atoms with E-state index in [1.165, 1.54) is 4.31 Å². The third-order valence-corrected chi connectivity index (χ3v) is 6.87. The second kappa shape index (κ2) is 9.72. The maximum atomic E-state index is 12.8. The minimum absolute atomic E-state index is 0.124. The topological polar surface area (TPSA) is 57.7 Å². The van der Waals surface area contributed by atoms with E-state index < -0.39 is 10.0 Å². The second-order valence-corrected chi connectivity index (χ2v) is 9.47. The Morgan fingerprint density at radius 2 is 1.73 bits per heavy atom. The minimum atomic E-state index is -3.50. The Morgan fingerprint density at radius 3 is 2.27 bits per heavy atom. The monoisotopic (exact) mass is 400 g/mol. The van der Waals surface area contributed by atoms with Gasteiger partial charge in [-0.15, -0.1) is 11.6 Å². The number of carbonyl (C=O) groups excluding carboxylic acids is 1. The van der Waals surface area contributed by atoms with Crippen LogP contribution in [-0.2, 0) is 21.2 Å². The number of piperazine rings is 1. The van der Waals surface area contributed by atoms with Crippen molar-refractivity contribution < 1.29 is 13.2 Å². The Labute approximate surface area is 162 Å². The molecule has 7 heteroatoms. The van der Waals surface area contributed by atoms with Crippen molar-refractivity contribution in [3.63, 3.8) is 0 Å². The van der Waals surface area contributed by atoms with E-state index in [0.717, 1.165) is 24.8 Å². The summed E-state index contributed by atoms with van der Waals surface area (Å²) in [5.74, 6) is 1.22. The number of halogens is 1. The summed E-state index contributed by atoms with van der Waals surface area (Å²) in [4.78, 5) is 14.3. The van der Waals surface area contributed by atoms with Crippen molar-refractivity contribution in [3.05, 3.63) is 29.8 Å². The van der Waals surface area contributed by atoms with Crippen molar-refractivity contribution in [2.24, 2.45) is 5.92 Å². The number of carbonyl (C=O) groups is 1. The van der Waals surface area contributed by atoms with E-state index >= 15 is 0 Å². The molecule has 1 aromatic rings. The number of hydrogen-bond acceptors (Lipinski definition) is 3. The average molecular weight is 401 g/mol. The van der Waals surface area contributed by atoms with Crippen LogP contribution in [0.3, 0.4) is 0 Å². The Bertz CT molecular complexity index is 681. The summed E-state index contributed by atoms with van der Waals surface area (Å²) in [5, 5.41) is 0. The summed E-state index contributed by atoms with van der Waals surface area (Å²) < 4.78 is 27.1. The lowest BCUT2D eigenvalue weighted by molar-refractivity contribution is -0.132. The van der Waals surface area contributed by atoms with E-state index in [2.05, 4.69) is 13.8 Å². The first-order valence-corrected chi connectivity index (χ1v) is 11.2. The van der Waals surface area contributed by atoms with Gasteiger partial charge in [-0.1, -0.05) is 26.0 Å². The predicted molar refractivity (Wildman–Crippen MR) is 105 cm³/mol. The Kier molecular flexibility index (Phi) is 7.92. The zero-order valence-corrected chi connectivity index (χ0v) is 17.2. The lowest BCUT2D eigenvalue weighted by atomic mass is 10.1. The van der Waals surface area contributed by atoms with Gasteiger partial charge in [0.1, 0.15) is 0 Å². The number of amides is 1. The standard InChI is InChI=1S/C19H29ClN2O3S/c1-16(2)5-10-19(23)21-12-14-22(15-13-21)26(24,25)18-8-6-17(7-9-18)4-3-11-20/h6-9,16H,3-5,10-15H2,1-2H3. The number of alkyl halides is 1. The van der Waals surface area contributed by atoms with E-state index in [4.69, 9.17) is 11.6 Å². The molecule has 0 unspecified atom stereocenters. The molecule has 0 spiro atoms. The van der Waals surface area contributed by atoms with Gasteiger partial charge in [0.25, 0.3) is 0 Å². The molecule has 2 rings (SSSR count). The molecule has 1 fully saturated rings. The van der Waals surface area contributed by atoms with E-state index in [0.29, 0.717) is 49.3 Å². The number of benzene rings is 1. The van der Waals surface area contributed by atoms with Gasteiger partial charge in [-0.3, -0.25) is 4.79 Å². The van der Waals surface area contributed by atoms with Gasteiger partial charge in [-0.25, -0.2) is 8.42 Å². The number of hydrogen-bond donors (Lipinski definition) is 0. The zero-order valence-electron chi connectivity index (χ0n) is 15.7. The summed E-state index contributed by atoms with van der Waals surface area (Å²) in [5.41, 5.74) is 1.09. The first-order valence-electron chi connectivity index (χ1n) is 9.27. The fourth-order valence-corrected chi connectivity index (χ4v) is 4.55. The summed E-state index contributed by atoms with van der Waals surface area (Å²) >= 11 is 5.70. The molecular formula is C19H29ClN2O3S. The normalized spacial score (nSPS) is 16.2. The lowest BCUT2D eigenvalue weighted by Gasteiger charge is -2.34. The van der Waals surface area contributed by atoms with Crippen LogP contribution in [0.5, 0.6) is 0 Å². The molecular weight excluding hydrogens is 372 g/mol. The SMILES string of the molecule is CC(C)CCC(=O)N1CCN(S(=O)(=O)c2ccc(CCCCl)cc2)CC1. The van der Waals surface area contributed by atoms with Crippen LogP contribution in [0.4, 0.5) is 0 Å². The van der Waals surface area contributed by atoms with Crippen LogP contribution in [0.15, 0.2) is 29.2 Å². The number of nitrogens with zero attached hydrogens (tertiary/aromatic N) is 2. The fraction of sp³-hybridized carbons (Fsp3) is 0.632. The predicted octanol–water partition coefficient (Wildman–Crippen LogP) is 3.13. The van der Waals surface area contributed by atoms with E-state index in [9.17, 15) is 13.2 Å². The summed E-state index contributed by atoms with van der Waals surface area (Å²) in [6.07, 6.45) is 3.13. The molecule has 0 radical (unpaired) electrons. The van der Waals surface area contributed by atoms with Gasteiger partial charge in [0.05, 0.1) is 4.90 Å². The fourth-order valence-electron chi connectivity index (χ4n) is 3.00. The van der Waals surface area contributed by atoms with Gasteiger partial charge in [-0.05, 0) is 42.9 Å². The molecule has 1 aliphatic rings. The minimum Gasteiger partial charge on any atom is -0.340 e. The molecule has 0 aliphatic carbocycles. The van der Waals surface area contributed by atoms with E-state index in [1.54, 1.807) is 17.0 Å². The van der Waals surface area contributed by atoms with Crippen LogP contribution in [0, 0.1) is 5.92 Å². The van der Waals surface area contributed by atoms with Crippen molar-refractivity contribution in [1.29, 1.82) is 0 Å². The Balaban J connectivity index is 1.93. The smallest absolute Gasteiger partial charge is 0.243 e. The van der Waals surface area contributed by atoms with Gasteiger partial charge in [0, 0.05) is 38.5 Å². The van der Waals surface area contributed by atoms with Crippen molar-refractivity contribution in [1.82, 2.24) is 9.21 Å². The van der Waals surface area contributed by atoms with Crippen LogP contribution in [-0.4, -0.2) is 55.6 Å². The van der Waals surface area contributed by atoms with Crippen molar-refractivity contribution >= 4 is 27.5 Å². The third-order valence-electron chi connectivity index (χ3n) is 4.69. The summed E-state index contributed by atoms with van der Waals surface area (Å²) in [6, 6.07) is 7.04. The van der Waals surface area contributed by atoms with Crippen LogP contribution >= 0.6 is 11.6 Å². The van der Waals surface area contributed by atoms with E-state index in [1.807, 2.05) is 12.1 Å². The number of sulfonamides is 1. The molecule has 26 heavy (non-hydrogen) atoms. The summed E-state index contributed by atoms with van der Waals surface area (Å²) in [7, 11) is -3.50. The molecule has 146 valence electrons. The first-order chi connectivity index (χ1) is 12.3. The van der Waals surface area contributed by atoms with Gasteiger partial charge in [-0.2, -0.15) is 4.31 Å². The number of rotatable bonds is 8. The molecule has 0 aromatic heterocycles. The van der Waals surface area contributed by atoms with Gasteiger partial charge in [0.15, 0.2) is 0 Å². The average Bonchev–Trinajstić information content (AvgIpc) is 2.64. The van der Waals surface area contributed by atoms with Crippen LogP contribution in [0.1, 0.15) is 38.7 Å². The molecule has 5 nitrogen and oxygen atoms in total. The highest BCUT2D eigenvalue weighted by Gasteiger charge is 2.29.